The second kappa shape index (κ2) is 11.5. The molecular formula is C26H31NO6. The smallest absolute Gasteiger partial charge is 0.308 e. The fourth-order valence-electron chi connectivity index (χ4n) is 4.02. The largest absolute Gasteiger partial charge is 0.454 e. The van der Waals surface area contributed by atoms with Gasteiger partial charge < -0.3 is 15.2 Å². The van der Waals surface area contributed by atoms with Crippen molar-refractivity contribution in [3.05, 3.63) is 70.8 Å². The fraction of sp³-hybridized carbons (Fsp3) is 0.385. The quantitative estimate of drug-likeness (QED) is 0.422. The topological polar surface area (TPSA) is 110 Å². The predicted octanol–water partition coefficient (Wildman–Crippen LogP) is 3.31. The van der Waals surface area contributed by atoms with Gasteiger partial charge in [0.2, 0.25) is 5.91 Å². The molecule has 0 aromatic heterocycles. The number of aliphatic hydroxyl groups is 1. The summed E-state index contributed by atoms with van der Waals surface area (Å²) >= 11 is 0. The first-order chi connectivity index (χ1) is 15.5. The molecule has 1 amide bonds. The molecule has 0 radical (unpaired) electrons. The van der Waals surface area contributed by atoms with Crippen molar-refractivity contribution < 1.29 is 29.0 Å². The summed E-state index contributed by atoms with van der Waals surface area (Å²) in [6.07, 6.45) is -2.57. The summed E-state index contributed by atoms with van der Waals surface area (Å²) in [6.45, 7) is 7.43. The Labute approximate surface area is 194 Å². The fourth-order valence-corrected chi connectivity index (χ4v) is 4.02. The van der Waals surface area contributed by atoms with E-state index in [-0.39, 0.29) is 0 Å². The van der Waals surface area contributed by atoms with Crippen LogP contribution in [0.4, 0.5) is 0 Å². The molecular weight excluding hydrogens is 422 g/mol. The van der Waals surface area contributed by atoms with Gasteiger partial charge in [-0.3, -0.25) is 19.2 Å². The molecule has 0 unspecified atom stereocenters. The van der Waals surface area contributed by atoms with E-state index in [0.717, 1.165) is 11.1 Å². The first-order valence-corrected chi connectivity index (χ1v) is 10.8. The van der Waals surface area contributed by atoms with Gasteiger partial charge in [-0.25, -0.2) is 0 Å². The lowest BCUT2D eigenvalue weighted by molar-refractivity contribution is -0.157. The average molecular weight is 454 g/mol. The summed E-state index contributed by atoms with van der Waals surface area (Å²) in [7, 11) is 0. The summed E-state index contributed by atoms with van der Waals surface area (Å²) in [4.78, 5) is 48.8. The lowest BCUT2D eigenvalue weighted by Crippen LogP contribution is -2.46. The third kappa shape index (κ3) is 6.83. The van der Waals surface area contributed by atoms with Crippen molar-refractivity contribution in [1.82, 2.24) is 5.32 Å². The van der Waals surface area contributed by atoms with Gasteiger partial charge in [0.25, 0.3) is 0 Å². The third-order valence-electron chi connectivity index (χ3n) is 5.60. The van der Waals surface area contributed by atoms with E-state index in [1.54, 1.807) is 24.3 Å². The van der Waals surface area contributed by atoms with Crippen LogP contribution < -0.4 is 5.32 Å². The van der Waals surface area contributed by atoms with Crippen molar-refractivity contribution in [2.45, 2.75) is 59.3 Å². The molecule has 2 rings (SSSR count). The average Bonchev–Trinajstić information content (AvgIpc) is 2.71. The molecule has 7 nitrogen and oxygen atoms in total. The molecule has 2 aromatic rings. The van der Waals surface area contributed by atoms with Crippen LogP contribution in [0, 0.1) is 19.8 Å². The number of benzene rings is 2. The monoisotopic (exact) mass is 453 g/mol. The van der Waals surface area contributed by atoms with Crippen LogP contribution in [0.2, 0.25) is 0 Å². The van der Waals surface area contributed by atoms with E-state index in [1.807, 2.05) is 38.1 Å². The van der Waals surface area contributed by atoms with Gasteiger partial charge in [-0.05, 0) is 49.9 Å². The maximum atomic E-state index is 13.0. The molecule has 0 heterocycles. The van der Waals surface area contributed by atoms with Gasteiger partial charge in [-0.1, -0.05) is 48.5 Å². The van der Waals surface area contributed by atoms with Crippen LogP contribution in [0.15, 0.2) is 48.5 Å². The molecule has 0 spiro atoms. The van der Waals surface area contributed by atoms with E-state index in [0.29, 0.717) is 11.1 Å². The van der Waals surface area contributed by atoms with Crippen molar-refractivity contribution in [2.24, 2.45) is 5.92 Å². The molecule has 33 heavy (non-hydrogen) atoms. The van der Waals surface area contributed by atoms with Crippen LogP contribution in [-0.2, 0) is 23.9 Å². The first-order valence-electron chi connectivity index (χ1n) is 10.8. The highest BCUT2D eigenvalue weighted by Gasteiger charge is 2.35. The van der Waals surface area contributed by atoms with Crippen LogP contribution >= 0.6 is 0 Å². The number of aliphatic hydroxyl groups excluding tert-OH is 1. The Morgan fingerprint density at radius 1 is 0.848 bits per heavy atom. The van der Waals surface area contributed by atoms with Crippen molar-refractivity contribution in [1.29, 1.82) is 0 Å². The normalized spacial score (nSPS) is 13.7. The highest BCUT2D eigenvalue weighted by molar-refractivity contribution is 6.01. The molecule has 2 N–H and O–H groups in total. The lowest BCUT2D eigenvalue weighted by atomic mass is 9.89. The number of carbonyl (C=O) groups is 4. The van der Waals surface area contributed by atoms with Gasteiger partial charge in [-0.15, -0.1) is 0 Å². The lowest BCUT2D eigenvalue weighted by Gasteiger charge is -2.28. The number of Topliss-reactive ketones (excluding diaryl/α,β-unsaturated/α-hetero) is 2. The summed E-state index contributed by atoms with van der Waals surface area (Å²) in [5, 5.41) is 13.7. The molecule has 0 aliphatic heterocycles. The van der Waals surface area contributed by atoms with Crippen molar-refractivity contribution >= 4 is 23.4 Å². The number of nitrogens with one attached hydrogen (secondary N) is 1. The third-order valence-corrected chi connectivity index (χ3v) is 5.60. The molecule has 0 fully saturated rings. The number of ether oxygens (including phenoxy) is 1. The summed E-state index contributed by atoms with van der Waals surface area (Å²) in [5.41, 5.74) is 2.91. The number of ketones is 2. The molecule has 0 saturated heterocycles. The van der Waals surface area contributed by atoms with Crippen molar-refractivity contribution in [3.63, 3.8) is 0 Å². The molecule has 7 heteroatoms. The standard InChI is InChI=1S/C26H31NO6/c1-15-10-6-8-12-20(15)25(32)26(21-13-9-7-11-16(21)2)33-23(31)14-22(27-19(5)30)24(17(3)28)18(4)29/h6-13,22,24-26,32H,14H2,1-5H3,(H,27,30)/t22-,25-,26-/m0/s1. The minimum absolute atomic E-state index is 0.397. The van der Waals surface area contributed by atoms with E-state index >= 15 is 0 Å². The van der Waals surface area contributed by atoms with Crippen LogP contribution in [-0.4, -0.2) is 34.6 Å². The first kappa shape index (κ1) is 25.9. The molecule has 0 aliphatic rings. The number of amides is 1. The molecule has 0 bridgehead atoms. The Bertz CT molecular complexity index is 1020. The van der Waals surface area contributed by atoms with E-state index in [9.17, 15) is 24.3 Å². The van der Waals surface area contributed by atoms with Gasteiger partial charge in [0.15, 0.2) is 6.10 Å². The highest BCUT2D eigenvalue weighted by Crippen LogP contribution is 2.35. The Kier molecular flexibility index (Phi) is 9.05. The Morgan fingerprint density at radius 3 is 1.79 bits per heavy atom. The zero-order valence-electron chi connectivity index (χ0n) is 19.6. The van der Waals surface area contributed by atoms with E-state index in [4.69, 9.17) is 4.74 Å². The molecule has 0 aliphatic carbocycles. The maximum Gasteiger partial charge on any atom is 0.308 e. The number of carbonyl (C=O) groups excluding carboxylic acids is 4. The Hall–Kier alpha value is -3.32. The van der Waals surface area contributed by atoms with Gasteiger partial charge in [0, 0.05) is 6.92 Å². The van der Waals surface area contributed by atoms with Crippen LogP contribution in [0.1, 0.15) is 61.7 Å². The van der Waals surface area contributed by atoms with Gasteiger partial charge in [-0.2, -0.15) is 0 Å². The second-order valence-corrected chi connectivity index (χ2v) is 8.28. The zero-order chi connectivity index (χ0) is 24.7. The SMILES string of the molecule is CC(=O)N[C@@H](CC(=O)O[C@@H](c1ccccc1C)[C@@H](O)c1ccccc1C)C(C(C)=O)C(C)=O. The Balaban J connectivity index is 2.38. The van der Waals surface area contributed by atoms with Gasteiger partial charge >= 0.3 is 5.97 Å². The van der Waals surface area contributed by atoms with Crippen molar-refractivity contribution in [2.75, 3.05) is 0 Å². The number of esters is 1. The molecule has 3 atom stereocenters. The predicted molar refractivity (Wildman–Crippen MR) is 123 cm³/mol. The minimum Gasteiger partial charge on any atom is -0.454 e. The second-order valence-electron chi connectivity index (χ2n) is 8.28. The summed E-state index contributed by atoms with van der Waals surface area (Å²) < 4.78 is 5.75. The maximum absolute atomic E-state index is 13.0. The van der Waals surface area contributed by atoms with Crippen LogP contribution in [0.25, 0.3) is 0 Å². The van der Waals surface area contributed by atoms with E-state index in [2.05, 4.69) is 5.32 Å². The van der Waals surface area contributed by atoms with Crippen molar-refractivity contribution in [3.8, 4) is 0 Å². The van der Waals surface area contributed by atoms with Gasteiger partial charge in [0.1, 0.15) is 17.7 Å². The Morgan fingerprint density at radius 2 is 1.33 bits per heavy atom. The van der Waals surface area contributed by atoms with Crippen LogP contribution in [0.5, 0.6) is 0 Å². The highest BCUT2D eigenvalue weighted by atomic mass is 16.6. The van der Waals surface area contributed by atoms with E-state index < -0.39 is 54.0 Å². The number of hydrogen-bond donors (Lipinski definition) is 2. The summed E-state index contributed by atoms with van der Waals surface area (Å²) in [5.74, 6) is -3.30. The van der Waals surface area contributed by atoms with E-state index in [1.165, 1.54) is 20.8 Å². The minimum atomic E-state index is -1.17. The summed E-state index contributed by atoms with van der Waals surface area (Å²) in [6, 6.07) is 13.5. The zero-order valence-corrected chi connectivity index (χ0v) is 19.6. The van der Waals surface area contributed by atoms with Crippen LogP contribution in [0.3, 0.4) is 0 Å². The molecule has 2 aromatic carbocycles. The number of hydrogen-bond acceptors (Lipinski definition) is 6. The number of rotatable bonds is 10. The molecule has 0 saturated carbocycles. The number of aryl methyl sites for hydroxylation is 2. The van der Waals surface area contributed by atoms with Gasteiger partial charge in [0.05, 0.1) is 18.4 Å². The molecule has 176 valence electrons.